The van der Waals surface area contributed by atoms with Crippen LogP contribution in [-0.4, -0.2) is 14.1 Å². The Morgan fingerprint density at radius 2 is 1.14 bits per heavy atom. The van der Waals surface area contributed by atoms with Crippen molar-refractivity contribution in [1.29, 1.82) is 0 Å². The fraction of sp³-hybridized carbons (Fsp3) is 0. The fourth-order valence-corrected chi connectivity index (χ4v) is 5.71. The SMILES string of the molecule is c1ccc(-n2c3ccccc3c3cc(-n4c5nc6ccccc6c-5cc5ccccc54)ccc32)cc1. The Morgan fingerprint density at radius 3 is 2.03 bits per heavy atom. The molecule has 2 aliphatic rings. The summed E-state index contributed by atoms with van der Waals surface area (Å²) in [5, 5.41) is 4.87. The second kappa shape index (κ2) is 7.30. The van der Waals surface area contributed by atoms with Gasteiger partial charge in [0.1, 0.15) is 5.82 Å². The van der Waals surface area contributed by atoms with Gasteiger partial charge in [0.05, 0.1) is 22.1 Å². The van der Waals surface area contributed by atoms with Gasteiger partial charge in [0, 0.05) is 33.1 Å². The van der Waals surface area contributed by atoms with E-state index in [9.17, 15) is 0 Å². The van der Waals surface area contributed by atoms with Gasteiger partial charge in [0.2, 0.25) is 0 Å². The molecule has 3 nitrogen and oxygen atoms in total. The molecule has 168 valence electrons. The maximum Gasteiger partial charge on any atom is 0.146 e. The van der Waals surface area contributed by atoms with Gasteiger partial charge in [-0.3, -0.25) is 4.57 Å². The Hall–Kier alpha value is -4.89. The summed E-state index contributed by atoms with van der Waals surface area (Å²) in [4.78, 5) is 5.09. The minimum Gasteiger partial charge on any atom is -0.309 e. The van der Waals surface area contributed by atoms with Crippen LogP contribution in [-0.2, 0) is 0 Å². The van der Waals surface area contributed by atoms with Gasteiger partial charge in [-0.25, -0.2) is 4.98 Å². The number of para-hydroxylation sites is 4. The van der Waals surface area contributed by atoms with Crippen LogP contribution >= 0.6 is 0 Å². The molecule has 0 saturated heterocycles. The van der Waals surface area contributed by atoms with E-state index in [2.05, 4.69) is 137 Å². The molecule has 1 aromatic heterocycles. The quantitative estimate of drug-likeness (QED) is 0.255. The number of pyridine rings is 1. The van der Waals surface area contributed by atoms with Crippen LogP contribution in [0.15, 0.2) is 127 Å². The standard InChI is InChI=1S/C33H21N3/c1-2-11-23(12-3-1)35-31-17-9-6-14-26(31)27-21-24(18-19-32(27)35)36-30-16-8-4-10-22(30)20-28-25-13-5-7-15-29(25)34-33(28)36/h1-21H. The third-order valence-electron chi connectivity index (χ3n) is 7.28. The molecule has 0 N–H and O–H groups in total. The fourth-order valence-electron chi connectivity index (χ4n) is 5.71. The topological polar surface area (TPSA) is 22.8 Å². The molecule has 0 radical (unpaired) electrons. The van der Waals surface area contributed by atoms with Gasteiger partial charge in [0.15, 0.2) is 0 Å². The van der Waals surface area contributed by atoms with Crippen LogP contribution in [0, 0.1) is 0 Å². The zero-order chi connectivity index (χ0) is 23.6. The molecule has 0 fully saturated rings. The van der Waals surface area contributed by atoms with Crippen molar-refractivity contribution in [1.82, 2.24) is 14.1 Å². The zero-order valence-electron chi connectivity index (χ0n) is 19.5. The van der Waals surface area contributed by atoms with E-state index in [0.29, 0.717) is 0 Å². The second-order valence-corrected chi connectivity index (χ2v) is 9.29. The van der Waals surface area contributed by atoms with E-state index in [1.54, 1.807) is 0 Å². The first-order valence-corrected chi connectivity index (χ1v) is 12.2. The Kier molecular flexibility index (Phi) is 3.94. The van der Waals surface area contributed by atoms with Crippen LogP contribution in [0.1, 0.15) is 0 Å². The summed E-state index contributed by atoms with van der Waals surface area (Å²) in [7, 11) is 0. The minimum atomic E-state index is 0.987. The first-order valence-electron chi connectivity index (χ1n) is 12.2. The van der Waals surface area contributed by atoms with Gasteiger partial charge in [-0.15, -0.1) is 0 Å². The Labute approximate surface area is 207 Å². The number of nitrogens with zero attached hydrogens (tertiary/aromatic N) is 3. The summed E-state index contributed by atoms with van der Waals surface area (Å²) in [6.07, 6.45) is 0. The first kappa shape index (κ1) is 19.4. The van der Waals surface area contributed by atoms with Crippen LogP contribution in [0.5, 0.6) is 0 Å². The lowest BCUT2D eigenvalue weighted by molar-refractivity contribution is 1.08. The highest BCUT2D eigenvalue weighted by atomic mass is 15.1. The second-order valence-electron chi connectivity index (χ2n) is 9.29. The van der Waals surface area contributed by atoms with E-state index in [0.717, 1.165) is 22.5 Å². The normalized spacial score (nSPS) is 11.9. The van der Waals surface area contributed by atoms with Crippen LogP contribution in [0.3, 0.4) is 0 Å². The van der Waals surface area contributed by atoms with Crippen molar-refractivity contribution in [2.75, 3.05) is 0 Å². The summed E-state index contributed by atoms with van der Waals surface area (Å²) >= 11 is 0. The van der Waals surface area contributed by atoms with Crippen molar-refractivity contribution in [3.8, 4) is 22.8 Å². The van der Waals surface area contributed by atoms with Crippen molar-refractivity contribution in [2.24, 2.45) is 0 Å². The lowest BCUT2D eigenvalue weighted by atomic mass is 10.1. The Bertz CT molecular complexity index is 2040. The monoisotopic (exact) mass is 459 g/mol. The molecule has 2 aliphatic heterocycles. The molecule has 0 spiro atoms. The van der Waals surface area contributed by atoms with Crippen LogP contribution in [0.2, 0.25) is 0 Å². The lowest BCUT2D eigenvalue weighted by Crippen LogP contribution is -2.03. The van der Waals surface area contributed by atoms with Crippen molar-refractivity contribution in [2.45, 2.75) is 0 Å². The number of hydrogen-bond acceptors (Lipinski definition) is 1. The largest absolute Gasteiger partial charge is 0.309 e. The summed E-state index contributed by atoms with van der Waals surface area (Å²) in [5.41, 5.74) is 8.04. The maximum absolute atomic E-state index is 5.09. The van der Waals surface area contributed by atoms with Gasteiger partial charge >= 0.3 is 0 Å². The summed E-state index contributed by atoms with van der Waals surface area (Å²) in [5.74, 6) is 0.987. The molecule has 8 rings (SSSR count). The van der Waals surface area contributed by atoms with Gasteiger partial charge in [0.25, 0.3) is 0 Å². The maximum atomic E-state index is 5.09. The average Bonchev–Trinajstić information content (AvgIpc) is 3.47. The molecule has 0 atom stereocenters. The van der Waals surface area contributed by atoms with Gasteiger partial charge in [-0.1, -0.05) is 72.8 Å². The average molecular weight is 460 g/mol. The molecule has 6 aromatic rings. The molecule has 0 aliphatic carbocycles. The highest BCUT2D eigenvalue weighted by molar-refractivity contribution is 6.10. The number of rotatable bonds is 2. The Morgan fingerprint density at radius 1 is 0.444 bits per heavy atom. The van der Waals surface area contributed by atoms with E-state index in [1.165, 1.54) is 43.8 Å². The van der Waals surface area contributed by atoms with Gasteiger partial charge in [-0.05, 0) is 60.0 Å². The third-order valence-corrected chi connectivity index (χ3v) is 7.28. The first-order chi connectivity index (χ1) is 17.9. The third kappa shape index (κ3) is 2.65. The van der Waals surface area contributed by atoms with E-state index in [1.807, 2.05) is 0 Å². The van der Waals surface area contributed by atoms with E-state index >= 15 is 0 Å². The van der Waals surface area contributed by atoms with E-state index < -0.39 is 0 Å². The number of fused-ring (bicyclic) bond motifs is 7. The smallest absolute Gasteiger partial charge is 0.146 e. The summed E-state index contributed by atoms with van der Waals surface area (Å²) in [6.45, 7) is 0. The lowest BCUT2D eigenvalue weighted by Gasteiger charge is -2.17. The predicted octanol–water partition coefficient (Wildman–Crippen LogP) is 8.38. The number of aromatic nitrogens is 3. The van der Waals surface area contributed by atoms with Crippen molar-refractivity contribution < 1.29 is 0 Å². The zero-order valence-corrected chi connectivity index (χ0v) is 19.5. The van der Waals surface area contributed by atoms with Crippen molar-refractivity contribution in [3.63, 3.8) is 0 Å². The van der Waals surface area contributed by atoms with Crippen LogP contribution in [0.4, 0.5) is 0 Å². The van der Waals surface area contributed by atoms with Crippen LogP contribution < -0.4 is 0 Å². The number of benzene rings is 5. The molecule has 0 saturated carbocycles. The molecule has 0 amide bonds. The molecule has 3 heteroatoms. The molecular weight excluding hydrogens is 438 g/mol. The number of hydrogen-bond donors (Lipinski definition) is 0. The van der Waals surface area contributed by atoms with E-state index in [4.69, 9.17) is 4.98 Å². The Balaban J connectivity index is 1.49. The van der Waals surface area contributed by atoms with Gasteiger partial charge < -0.3 is 4.57 Å². The molecule has 36 heavy (non-hydrogen) atoms. The highest BCUT2D eigenvalue weighted by Crippen LogP contribution is 2.39. The van der Waals surface area contributed by atoms with Gasteiger partial charge in [-0.2, -0.15) is 0 Å². The molecule has 3 heterocycles. The van der Waals surface area contributed by atoms with Crippen molar-refractivity contribution in [3.05, 3.63) is 127 Å². The molecule has 0 unspecified atom stereocenters. The summed E-state index contributed by atoms with van der Waals surface area (Å²) in [6, 6.07) is 45.3. The molecule has 0 bridgehead atoms. The summed E-state index contributed by atoms with van der Waals surface area (Å²) < 4.78 is 4.67. The minimum absolute atomic E-state index is 0.987. The predicted molar refractivity (Wildman–Crippen MR) is 150 cm³/mol. The molecular formula is C33H21N3. The molecule has 5 aromatic carbocycles. The van der Waals surface area contributed by atoms with Crippen molar-refractivity contribution >= 4 is 43.6 Å². The van der Waals surface area contributed by atoms with Crippen LogP contribution in [0.25, 0.3) is 66.4 Å². The highest BCUT2D eigenvalue weighted by Gasteiger charge is 2.20. The van der Waals surface area contributed by atoms with E-state index in [-0.39, 0.29) is 0 Å².